The van der Waals surface area contributed by atoms with Crippen molar-refractivity contribution < 1.29 is 4.39 Å². The second-order valence-corrected chi connectivity index (χ2v) is 2.55. The minimum atomic E-state index is -0.663. The maximum Gasteiger partial charge on any atom is 0.141 e. The summed E-state index contributed by atoms with van der Waals surface area (Å²) in [6.07, 6.45) is 1.09. The van der Waals surface area contributed by atoms with Crippen LogP contribution in [0.3, 0.4) is 0 Å². The monoisotopic (exact) mass is 201 g/mol. The van der Waals surface area contributed by atoms with Gasteiger partial charge in [-0.15, -0.1) is 0 Å². The molecule has 0 rings (SSSR count). The second-order valence-electron chi connectivity index (χ2n) is 1.53. The molecule has 3 heteroatoms. The van der Waals surface area contributed by atoms with Crippen LogP contribution < -0.4 is 0 Å². The molecule has 0 amide bonds. The Morgan fingerprint density at radius 1 is 1.60 bits per heavy atom. The fourth-order valence-electron chi connectivity index (χ4n) is 0.278. The average Bonchev–Trinajstić information content (AvgIpc) is 1.85. The van der Waals surface area contributed by atoms with Crippen LogP contribution in [0.1, 0.15) is 0 Å². The van der Waals surface area contributed by atoms with Crippen LogP contribution in [0.25, 0.3) is 0 Å². The molecule has 0 spiro atoms. The van der Waals surface area contributed by atoms with Crippen LogP contribution in [0.15, 0.2) is 35.1 Å². The molecule has 0 aliphatic carbocycles. The molecule has 0 saturated carbocycles. The summed E-state index contributed by atoms with van der Waals surface area (Å²) in [6, 6.07) is 1.57. The molecule has 0 unspecified atom stereocenters. The van der Waals surface area contributed by atoms with Gasteiger partial charge in [-0.05, 0) is 6.08 Å². The van der Waals surface area contributed by atoms with Gasteiger partial charge in [0.05, 0.1) is 5.57 Å². The van der Waals surface area contributed by atoms with Crippen LogP contribution >= 0.6 is 15.9 Å². The molecule has 10 heavy (non-hydrogen) atoms. The first-order chi connectivity index (χ1) is 4.57. The van der Waals surface area contributed by atoms with Crippen molar-refractivity contribution in [3.63, 3.8) is 0 Å². The van der Waals surface area contributed by atoms with Crippen LogP contribution in [0.5, 0.6) is 0 Å². The predicted octanol–water partition coefficient (Wildman–Crippen LogP) is 2.83. The summed E-state index contributed by atoms with van der Waals surface area (Å²) in [5, 5.41) is 8.14. The first-order valence-corrected chi connectivity index (χ1v) is 3.18. The normalized spacial score (nSPS) is 10.3. The van der Waals surface area contributed by atoms with Gasteiger partial charge in [-0.25, -0.2) is 4.39 Å². The van der Waals surface area contributed by atoms with E-state index in [1.54, 1.807) is 6.07 Å². The van der Waals surface area contributed by atoms with Gasteiger partial charge >= 0.3 is 0 Å². The van der Waals surface area contributed by atoms with Crippen LogP contribution in [0.4, 0.5) is 4.39 Å². The molecule has 1 nitrogen and oxygen atoms in total. The Bertz CT molecular complexity index is 234. The Hall–Kier alpha value is -0.880. The third kappa shape index (κ3) is 3.21. The lowest BCUT2D eigenvalue weighted by molar-refractivity contribution is 0.659. The first kappa shape index (κ1) is 9.12. The lowest BCUT2D eigenvalue weighted by atomic mass is 10.3. The highest BCUT2D eigenvalue weighted by molar-refractivity contribution is 9.11. The molecular formula is C7H5BrFN. The number of halogens is 2. The zero-order valence-corrected chi connectivity index (χ0v) is 6.78. The van der Waals surface area contributed by atoms with Gasteiger partial charge in [0.2, 0.25) is 0 Å². The van der Waals surface area contributed by atoms with E-state index in [-0.39, 0.29) is 5.57 Å². The standard InChI is InChI=1S/C7H5BrFN/c1-5(4-10)7(9)3-6(2)8/h3H,1-2H2/b7-3+. The smallest absolute Gasteiger partial charge is 0.141 e. The van der Waals surface area contributed by atoms with Gasteiger partial charge in [0.25, 0.3) is 0 Å². The van der Waals surface area contributed by atoms with Crippen LogP contribution in [-0.4, -0.2) is 0 Å². The van der Waals surface area contributed by atoms with Crippen molar-refractivity contribution in [2.75, 3.05) is 0 Å². The topological polar surface area (TPSA) is 23.8 Å². The minimum absolute atomic E-state index is 0.194. The molecule has 0 aromatic rings. The summed E-state index contributed by atoms with van der Waals surface area (Å²) < 4.78 is 12.9. The molecule has 0 aromatic carbocycles. The number of hydrogen-bond acceptors (Lipinski definition) is 1. The van der Waals surface area contributed by atoms with Crippen LogP contribution in [-0.2, 0) is 0 Å². The van der Waals surface area contributed by atoms with Crippen molar-refractivity contribution in [3.8, 4) is 6.07 Å². The summed E-state index contributed by atoms with van der Waals surface area (Å²) in [6.45, 7) is 6.52. The largest absolute Gasteiger partial charge is 0.206 e. The van der Waals surface area contributed by atoms with E-state index < -0.39 is 5.83 Å². The molecular weight excluding hydrogens is 197 g/mol. The summed E-state index contributed by atoms with van der Waals surface area (Å²) >= 11 is 2.91. The summed E-state index contributed by atoms with van der Waals surface area (Å²) in [4.78, 5) is 0. The third-order valence-electron chi connectivity index (χ3n) is 0.707. The zero-order valence-electron chi connectivity index (χ0n) is 5.19. The van der Waals surface area contributed by atoms with Crippen LogP contribution in [0.2, 0.25) is 0 Å². The van der Waals surface area contributed by atoms with Gasteiger partial charge < -0.3 is 0 Å². The third-order valence-corrected chi connectivity index (χ3v) is 0.936. The van der Waals surface area contributed by atoms with E-state index in [1.807, 2.05) is 0 Å². The van der Waals surface area contributed by atoms with Gasteiger partial charge in [0.1, 0.15) is 11.9 Å². The van der Waals surface area contributed by atoms with Gasteiger partial charge in [-0.3, -0.25) is 0 Å². The van der Waals surface area contributed by atoms with Gasteiger partial charge in [-0.2, -0.15) is 5.26 Å². The van der Waals surface area contributed by atoms with E-state index in [0.717, 1.165) is 6.08 Å². The SMILES string of the molecule is C=C(Br)/C=C(/F)C(=C)C#N. The lowest BCUT2D eigenvalue weighted by Crippen LogP contribution is -1.75. The molecule has 0 atom stereocenters. The van der Waals surface area contributed by atoms with E-state index >= 15 is 0 Å². The molecule has 52 valence electrons. The molecule has 0 heterocycles. The Balaban J connectivity index is 4.38. The number of rotatable bonds is 2. The molecule has 0 aliphatic heterocycles. The van der Waals surface area contributed by atoms with Crippen molar-refractivity contribution in [3.05, 3.63) is 35.1 Å². The van der Waals surface area contributed by atoms with Crippen molar-refractivity contribution >= 4 is 15.9 Å². The summed E-state index contributed by atoms with van der Waals surface area (Å²) in [7, 11) is 0. The summed E-state index contributed by atoms with van der Waals surface area (Å²) in [5.41, 5.74) is -0.194. The second kappa shape index (κ2) is 4.02. The van der Waals surface area contributed by atoms with Crippen molar-refractivity contribution in [2.24, 2.45) is 0 Å². The average molecular weight is 202 g/mol. The highest BCUT2D eigenvalue weighted by Crippen LogP contribution is 2.13. The molecule has 0 aliphatic rings. The minimum Gasteiger partial charge on any atom is -0.206 e. The van der Waals surface area contributed by atoms with E-state index in [9.17, 15) is 4.39 Å². The highest BCUT2D eigenvalue weighted by atomic mass is 79.9. The maximum absolute atomic E-state index is 12.5. The van der Waals surface area contributed by atoms with Crippen molar-refractivity contribution in [1.29, 1.82) is 5.26 Å². The molecule has 0 aromatic heterocycles. The van der Waals surface area contributed by atoms with E-state index in [1.165, 1.54) is 0 Å². The molecule has 0 radical (unpaired) electrons. The van der Waals surface area contributed by atoms with Gasteiger partial charge in [0.15, 0.2) is 0 Å². The summed E-state index contributed by atoms with van der Waals surface area (Å²) in [5.74, 6) is -0.663. The highest BCUT2D eigenvalue weighted by Gasteiger charge is 1.98. The quantitative estimate of drug-likeness (QED) is 0.498. The Morgan fingerprint density at radius 2 is 2.10 bits per heavy atom. The fraction of sp³-hybridized carbons (Fsp3) is 0. The molecule has 0 bridgehead atoms. The first-order valence-electron chi connectivity index (χ1n) is 2.39. The van der Waals surface area contributed by atoms with Crippen molar-refractivity contribution in [1.82, 2.24) is 0 Å². The fourth-order valence-corrected chi connectivity index (χ4v) is 0.479. The van der Waals surface area contributed by atoms with Crippen molar-refractivity contribution in [2.45, 2.75) is 0 Å². The number of nitrogens with zero attached hydrogens (tertiary/aromatic N) is 1. The van der Waals surface area contributed by atoms with Gasteiger partial charge in [-0.1, -0.05) is 29.1 Å². The lowest BCUT2D eigenvalue weighted by Gasteiger charge is -1.88. The number of nitriles is 1. The number of hydrogen-bond donors (Lipinski definition) is 0. The maximum atomic E-state index is 12.5. The molecule has 0 fully saturated rings. The number of allylic oxidation sites excluding steroid dienone is 4. The van der Waals surface area contributed by atoms with Gasteiger partial charge in [0, 0.05) is 4.48 Å². The Kier molecular flexibility index (Phi) is 3.67. The Labute approximate surface area is 67.3 Å². The predicted molar refractivity (Wildman–Crippen MR) is 42.0 cm³/mol. The molecule has 0 N–H and O–H groups in total. The van der Waals surface area contributed by atoms with E-state index in [2.05, 4.69) is 29.1 Å². The molecule has 0 saturated heterocycles. The van der Waals surface area contributed by atoms with Crippen LogP contribution in [0, 0.1) is 11.3 Å². The Morgan fingerprint density at radius 3 is 2.40 bits per heavy atom. The zero-order chi connectivity index (χ0) is 8.15. The van der Waals surface area contributed by atoms with E-state index in [0.29, 0.717) is 4.48 Å². The van der Waals surface area contributed by atoms with E-state index in [4.69, 9.17) is 5.26 Å².